The summed E-state index contributed by atoms with van der Waals surface area (Å²) in [6.45, 7) is 0. The molecule has 0 aliphatic heterocycles. The summed E-state index contributed by atoms with van der Waals surface area (Å²) >= 11 is 1.16. The van der Waals surface area contributed by atoms with Gasteiger partial charge in [-0.05, 0) is 0 Å². The molecule has 0 atom stereocenters. The molecule has 0 nitrogen and oxygen atoms in total. The number of hydrogen-bond donors (Lipinski definition) is 0. The van der Waals surface area contributed by atoms with E-state index in [0.717, 1.165) is 0 Å². The maximum absolute atomic E-state index is 2.44. The van der Waals surface area contributed by atoms with Gasteiger partial charge in [-0.1, -0.05) is 0 Å². The SMILES string of the molecule is c1ccc([Se]c2ccc([Se]c3ccccc3)c([Se]c3ccccc3)c2[Se]c2ccccc2)cc1. The summed E-state index contributed by atoms with van der Waals surface area (Å²) in [6, 6.07) is 49.1. The van der Waals surface area contributed by atoms with Crippen molar-refractivity contribution in [1.82, 2.24) is 0 Å². The third-order valence-corrected chi connectivity index (χ3v) is 16.1. The molecule has 0 N–H and O–H groups in total. The van der Waals surface area contributed by atoms with Crippen molar-refractivity contribution < 1.29 is 0 Å². The van der Waals surface area contributed by atoms with E-state index in [1.807, 2.05) is 0 Å². The zero-order valence-corrected chi connectivity index (χ0v) is 25.2. The molecular weight excluding hydrogens is 676 g/mol. The molecule has 0 heterocycles. The number of benzene rings is 5. The normalized spacial score (nSPS) is 10.8. The zero-order chi connectivity index (χ0) is 23.0. The van der Waals surface area contributed by atoms with Crippen LogP contribution in [-0.2, 0) is 0 Å². The van der Waals surface area contributed by atoms with Crippen molar-refractivity contribution >= 4 is 95.5 Å². The second-order valence-corrected chi connectivity index (χ2v) is 16.6. The standard InChI is InChI=1S/C30H22Se4/c1-5-13-23(14-6-1)31-27-21-22-28(32-24-15-7-2-8-16-24)30(34-26-19-11-4-12-20-26)29(27)33-25-17-9-3-10-18-25/h1-22H. The first kappa shape index (κ1) is 23.9. The molecule has 0 saturated carbocycles. The van der Waals surface area contributed by atoms with Gasteiger partial charge in [-0.15, -0.1) is 0 Å². The van der Waals surface area contributed by atoms with Crippen molar-refractivity contribution in [3.8, 4) is 0 Å². The Labute approximate surface area is 227 Å². The van der Waals surface area contributed by atoms with Gasteiger partial charge in [0.05, 0.1) is 0 Å². The van der Waals surface area contributed by atoms with Crippen molar-refractivity contribution in [3.63, 3.8) is 0 Å². The van der Waals surface area contributed by atoms with Crippen LogP contribution in [0.2, 0.25) is 0 Å². The molecule has 166 valence electrons. The Morgan fingerprint density at radius 3 is 0.824 bits per heavy atom. The third kappa shape index (κ3) is 6.44. The molecular formula is C30H22Se4. The second kappa shape index (κ2) is 12.2. The molecule has 0 bridgehead atoms. The molecule has 0 saturated heterocycles. The van der Waals surface area contributed by atoms with Crippen LogP contribution in [0.5, 0.6) is 0 Å². The van der Waals surface area contributed by atoms with Crippen LogP contribution >= 0.6 is 0 Å². The fraction of sp³-hybridized carbons (Fsp3) is 0. The Hall–Kier alpha value is -1.82. The van der Waals surface area contributed by atoms with Gasteiger partial charge in [-0.3, -0.25) is 0 Å². The van der Waals surface area contributed by atoms with Crippen molar-refractivity contribution in [3.05, 3.63) is 133 Å². The summed E-state index contributed by atoms with van der Waals surface area (Å²) < 4.78 is 12.1. The van der Waals surface area contributed by atoms with E-state index in [2.05, 4.69) is 133 Å². The molecule has 5 aromatic carbocycles. The van der Waals surface area contributed by atoms with Crippen LogP contribution in [0.3, 0.4) is 0 Å². The van der Waals surface area contributed by atoms with E-state index in [9.17, 15) is 0 Å². The van der Waals surface area contributed by atoms with Crippen LogP contribution in [0, 0.1) is 0 Å². The Morgan fingerprint density at radius 1 is 0.265 bits per heavy atom. The van der Waals surface area contributed by atoms with Crippen molar-refractivity contribution in [2.45, 2.75) is 0 Å². The Balaban J connectivity index is 1.63. The first-order chi connectivity index (χ1) is 16.8. The van der Waals surface area contributed by atoms with Gasteiger partial charge in [0.15, 0.2) is 0 Å². The molecule has 0 spiro atoms. The second-order valence-electron chi connectivity index (χ2n) is 7.38. The fourth-order valence-electron chi connectivity index (χ4n) is 3.32. The van der Waals surface area contributed by atoms with E-state index in [-0.39, 0.29) is 29.9 Å². The summed E-state index contributed by atoms with van der Waals surface area (Å²) in [4.78, 5) is 0. The van der Waals surface area contributed by atoms with Gasteiger partial charge in [0.25, 0.3) is 0 Å². The van der Waals surface area contributed by atoms with Crippen LogP contribution in [-0.4, -0.2) is 59.8 Å². The number of rotatable bonds is 8. The van der Waals surface area contributed by atoms with Crippen molar-refractivity contribution in [2.24, 2.45) is 0 Å². The van der Waals surface area contributed by atoms with Crippen LogP contribution in [0.25, 0.3) is 0 Å². The molecule has 0 aliphatic rings. The zero-order valence-electron chi connectivity index (χ0n) is 18.3. The van der Waals surface area contributed by atoms with Crippen molar-refractivity contribution in [1.29, 1.82) is 0 Å². The van der Waals surface area contributed by atoms with Crippen molar-refractivity contribution in [2.75, 3.05) is 0 Å². The molecule has 0 aliphatic carbocycles. The minimum absolute atomic E-state index is 0.280. The molecule has 0 fully saturated rings. The predicted octanol–water partition coefficient (Wildman–Crippen LogP) is 0.307. The average molecular weight is 698 g/mol. The van der Waals surface area contributed by atoms with Gasteiger partial charge < -0.3 is 0 Å². The molecule has 0 unspecified atom stereocenters. The van der Waals surface area contributed by atoms with E-state index in [0.29, 0.717) is 29.9 Å². The van der Waals surface area contributed by atoms with E-state index >= 15 is 0 Å². The summed E-state index contributed by atoms with van der Waals surface area (Å²) in [6.07, 6.45) is 0. The quantitative estimate of drug-likeness (QED) is 0.205. The van der Waals surface area contributed by atoms with E-state index in [1.165, 1.54) is 17.8 Å². The molecule has 5 rings (SSSR count). The molecule has 4 heteroatoms. The molecule has 0 aromatic heterocycles. The van der Waals surface area contributed by atoms with E-state index in [1.54, 1.807) is 17.8 Å². The Morgan fingerprint density at radius 2 is 0.529 bits per heavy atom. The predicted molar refractivity (Wildman–Crippen MR) is 152 cm³/mol. The van der Waals surface area contributed by atoms with Gasteiger partial charge in [0.1, 0.15) is 0 Å². The van der Waals surface area contributed by atoms with Crippen LogP contribution in [0.15, 0.2) is 133 Å². The average Bonchev–Trinajstić information content (AvgIpc) is 2.90. The number of hydrogen-bond acceptors (Lipinski definition) is 0. The van der Waals surface area contributed by atoms with E-state index < -0.39 is 0 Å². The fourth-order valence-corrected chi connectivity index (χ4v) is 14.2. The van der Waals surface area contributed by atoms with Gasteiger partial charge in [0.2, 0.25) is 0 Å². The molecule has 0 amide bonds. The van der Waals surface area contributed by atoms with Gasteiger partial charge in [0, 0.05) is 0 Å². The van der Waals surface area contributed by atoms with Gasteiger partial charge in [-0.25, -0.2) is 0 Å². The monoisotopic (exact) mass is 702 g/mol. The Bertz CT molecular complexity index is 1220. The topological polar surface area (TPSA) is 0 Å². The third-order valence-electron chi connectivity index (χ3n) is 4.91. The Kier molecular flexibility index (Phi) is 8.60. The first-order valence-corrected chi connectivity index (χ1v) is 17.8. The summed E-state index contributed by atoms with van der Waals surface area (Å²) in [5, 5.41) is 0. The van der Waals surface area contributed by atoms with Crippen LogP contribution in [0.4, 0.5) is 0 Å². The van der Waals surface area contributed by atoms with Gasteiger partial charge in [-0.2, -0.15) is 0 Å². The molecule has 5 aromatic rings. The molecule has 34 heavy (non-hydrogen) atoms. The molecule has 0 radical (unpaired) electrons. The summed E-state index contributed by atoms with van der Waals surface area (Å²) in [7, 11) is 0. The van der Waals surface area contributed by atoms with Crippen LogP contribution in [0.1, 0.15) is 0 Å². The summed E-state index contributed by atoms with van der Waals surface area (Å²) in [5.74, 6) is 0. The van der Waals surface area contributed by atoms with Crippen LogP contribution < -0.4 is 35.7 Å². The first-order valence-electron chi connectivity index (χ1n) is 10.9. The maximum atomic E-state index is 2.44. The minimum atomic E-state index is 0.280. The summed E-state index contributed by atoms with van der Waals surface area (Å²) in [5.41, 5.74) is 0. The van der Waals surface area contributed by atoms with E-state index in [4.69, 9.17) is 0 Å². The van der Waals surface area contributed by atoms with Gasteiger partial charge >= 0.3 is 229 Å².